The smallest absolute Gasteiger partial charge is 0.247 e. The van der Waals surface area contributed by atoms with Gasteiger partial charge in [0.1, 0.15) is 5.76 Å². The van der Waals surface area contributed by atoms with Gasteiger partial charge in [-0.25, -0.2) is 0 Å². The molecule has 0 bridgehead atoms. The van der Waals surface area contributed by atoms with E-state index in [9.17, 15) is 4.79 Å². The summed E-state index contributed by atoms with van der Waals surface area (Å²) in [4.78, 5) is 13.3. The third kappa shape index (κ3) is 3.61. The lowest BCUT2D eigenvalue weighted by Gasteiger charge is -2.16. The van der Waals surface area contributed by atoms with E-state index >= 15 is 0 Å². The second-order valence-electron chi connectivity index (χ2n) is 3.17. The quantitative estimate of drug-likeness (QED) is 0.542. The molecule has 0 radical (unpaired) electrons. The highest BCUT2D eigenvalue weighted by atomic mass is 16.3. The number of hydrogen-bond acceptors (Lipinski definition) is 2. The number of carbonyl (C=O) groups is 1. The van der Waals surface area contributed by atoms with Crippen LogP contribution >= 0.6 is 0 Å². The molecule has 0 saturated heterocycles. The fraction of sp³-hybridized carbons (Fsp3) is 0.154. The standard InChI is InChI=1S/C13H15NO2/c1-3-9-14(10-4-2)13(15)8-7-12-6-5-11-16-12/h3-8,11H,1-2,9-10H2. The summed E-state index contributed by atoms with van der Waals surface area (Å²) in [6.07, 6.45) is 8.05. The molecule has 0 aliphatic carbocycles. The third-order valence-corrected chi connectivity index (χ3v) is 1.94. The van der Waals surface area contributed by atoms with Gasteiger partial charge in [-0.05, 0) is 18.2 Å². The van der Waals surface area contributed by atoms with Crippen LogP contribution in [0.15, 0.2) is 54.2 Å². The summed E-state index contributed by atoms with van der Waals surface area (Å²) in [7, 11) is 0. The Morgan fingerprint density at radius 1 is 1.38 bits per heavy atom. The first-order valence-electron chi connectivity index (χ1n) is 5.00. The molecule has 1 rings (SSSR count). The first-order chi connectivity index (χ1) is 7.77. The lowest BCUT2D eigenvalue weighted by molar-refractivity contribution is -0.125. The van der Waals surface area contributed by atoms with Gasteiger partial charge in [-0.15, -0.1) is 13.2 Å². The van der Waals surface area contributed by atoms with Crippen molar-refractivity contribution in [3.63, 3.8) is 0 Å². The summed E-state index contributed by atoms with van der Waals surface area (Å²) in [5, 5.41) is 0. The lowest BCUT2D eigenvalue weighted by Crippen LogP contribution is -2.29. The molecule has 0 aromatic carbocycles. The van der Waals surface area contributed by atoms with Crippen molar-refractivity contribution in [3.8, 4) is 0 Å². The van der Waals surface area contributed by atoms with Gasteiger partial charge in [-0.2, -0.15) is 0 Å². The molecule has 0 unspecified atom stereocenters. The van der Waals surface area contributed by atoms with Gasteiger partial charge in [-0.1, -0.05) is 12.2 Å². The summed E-state index contributed by atoms with van der Waals surface area (Å²) in [6, 6.07) is 3.56. The van der Waals surface area contributed by atoms with Gasteiger partial charge in [0.25, 0.3) is 0 Å². The Labute approximate surface area is 95.4 Å². The minimum atomic E-state index is -0.0869. The molecule has 0 saturated carbocycles. The fourth-order valence-electron chi connectivity index (χ4n) is 1.21. The van der Waals surface area contributed by atoms with Crippen LogP contribution in [0.1, 0.15) is 5.76 Å². The van der Waals surface area contributed by atoms with Gasteiger partial charge in [0.15, 0.2) is 0 Å². The van der Waals surface area contributed by atoms with Gasteiger partial charge < -0.3 is 9.32 Å². The van der Waals surface area contributed by atoms with Crippen molar-refractivity contribution in [2.75, 3.05) is 13.1 Å². The summed E-state index contributed by atoms with van der Waals surface area (Å²) in [6.45, 7) is 8.22. The van der Waals surface area contributed by atoms with Crippen LogP contribution in [-0.4, -0.2) is 23.9 Å². The molecule has 16 heavy (non-hydrogen) atoms. The van der Waals surface area contributed by atoms with Gasteiger partial charge in [0.05, 0.1) is 6.26 Å². The first-order valence-corrected chi connectivity index (χ1v) is 5.00. The van der Waals surface area contributed by atoms with Gasteiger partial charge >= 0.3 is 0 Å². The number of nitrogens with zero attached hydrogens (tertiary/aromatic N) is 1. The Bertz CT molecular complexity index is 367. The zero-order valence-electron chi connectivity index (χ0n) is 9.13. The summed E-state index contributed by atoms with van der Waals surface area (Å²) < 4.78 is 5.09. The molecule has 0 atom stereocenters. The predicted molar refractivity (Wildman–Crippen MR) is 64.7 cm³/mol. The minimum absolute atomic E-state index is 0.0869. The van der Waals surface area contributed by atoms with Crippen molar-refractivity contribution in [2.45, 2.75) is 0 Å². The molecular formula is C13H15NO2. The summed E-state index contributed by atoms with van der Waals surface area (Å²) >= 11 is 0. The molecule has 1 aromatic rings. The van der Waals surface area contributed by atoms with E-state index in [1.165, 1.54) is 6.08 Å². The van der Waals surface area contributed by atoms with Crippen molar-refractivity contribution in [3.05, 3.63) is 55.5 Å². The minimum Gasteiger partial charge on any atom is -0.465 e. The molecule has 0 spiro atoms. The molecule has 3 heteroatoms. The average Bonchev–Trinajstić information content (AvgIpc) is 2.78. The van der Waals surface area contributed by atoms with E-state index in [0.29, 0.717) is 18.8 Å². The topological polar surface area (TPSA) is 33.5 Å². The average molecular weight is 217 g/mol. The molecule has 1 aromatic heterocycles. The Morgan fingerprint density at radius 3 is 2.56 bits per heavy atom. The molecule has 0 N–H and O–H groups in total. The van der Waals surface area contributed by atoms with E-state index in [1.807, 2.05) is 0 Å². The van der Waals surface area contributed by atoms with Crippen molar-refractivity contribution < 1.29 is 9.21 Å². The van der Waals surface area contributed by atoms with E-state index in [4.69, 9.17) is 4.42 Å². The highest BCUT2D eigenvalue weighted by Crippen LogP contribution is 2.03. The molecule has 1 amide bonds. The monoisotopic (exact) mass is 217 g/mol. The van der Waals surface area contributed by atoms with Gasteiger partial charge in [0.2, 0.25) is 5.91 Å². The molecule has 84 valence electrons. The summed E-state index contributed by atoms with van der Waals surface area (Å²) in [5.74, 6) is 0.571. The molecule has 0 fully saturated rings. The van der Waals surface area contributed by atoms with Gasteiger partial charge in [0, 0.05) is 19.2 Å². The van der Waals surface area contributed by atoms with Crippen LogP contribution in [0.5, 0.6) is 0 Å². The van der Waals surface area contributed by atoms with Gasteiger partial charge in [-0.3, -0.25) is 4.79 Å². The van der Waals surface area contributed by atoms with Crippen LogP contribution in [0, 0.1) is 0 Å². The highest BCUT2D eigenvalue weighted by Gasteiger charge is 2.06. The van der Waals surface area contributed by atoms with E-state index in [0.717, 1.165) is 0 Å². The summed E-state index contributed by atoms with van der Waals surface area (Å²) in [5.41, 5.74) is 0. The normalized spacial score (nSPS) is 10.2. The largest absolute Gasteiger partial charge is 0.465 e. The van der Waals surface area contributed by atoms with Crippen LogP contribution in [0.2, 0.25) is 0 Å². The van der Waals surface area contributed by atoms with E-state index in [1.54, 1.807) is 41.5 Å². The van der Waals surface area contributed by atoms with Crippen LogP contribution in [0.4, 0.5) is 0 Å². The van der Waals surface area contributed by atoms with E-state index < -0.39 is 0 Å². The number of furan rings is 1. The maximum Gasteiger partial charge on any atom is 0.247 e. The third-order valence-electron chi connectivity index (χ3n) is 1.94. The Hall–Kier alpha value is -2.03. The van der Waals surface area contributed by atoms with Crippen LogP contribution < -0.4 is 0 Å². The van der Waals surface area contributed by atoms with Crippen molar-refractivity contribution in [1.82, 2.24) is 4.90 Å². The number of rotatable bonds is 6. The number of hydrogen-bond donors (Lipinski definition) is 0. The maximum atomic E-state index is 11.7. The van der Waals surface area contributed by atoms with Crippen molar-refractivity contribution >= 4 is 12.0 Å². The second kappa shape index (κ2) is 6.45. The Morgan fingerprint density at radius 2 is 2.06 bits per heavy atom. The molecule has 1 heterocycles. The first kappa shape index (κ1) is 12.0. The number of amides is 1. The SMILES string of the molecule is C=CCN(CC=C)C(=O)C=Cc1ccco1. The lowest BCUT2D eigenvalue weighted by atomic mass is 10.3. The van der Waals surface area contributed by atoms with Crippen LogP contribution in [0.3, 0.4) is 0 Å². The highest BCUT2D eigenvalue weighted by molar-refractivity contribution is 5.91. The predicted octanol–water partition coefficient (Wildman–Crippen LogP) is 2.49. The maximum absolute atomic E-state index is 11.7. The molecule has 0 aliphatic rings. The Kier molecular flexibility index (Phi) is 4.86. The number of carbonyl (C=O) groups excluding carboxylic acids is 1. The van der Waals surface area contributed by atoms with Crippen molar-refractivity contribution in [2.24, 2.45) is 0 Å². The van der Waals surface area contributed by atoms with Crippen LogP contribution in [0.25, 0.3) is 6.08 Å². The van der Waals surface area contributed by atoms with E-state index in [-0.39, 0.29) is 5.91 Å². The van der Waals surface area contributed by atoms with E-state index in [2.05, 4.69) is 13.2 Å². The van der Waals surface area contributed by atoms with Crippen molar-refractivity contribution in [1.29, 1.82) is 0 Å². The fourth-order valence-corrected chi connectivity index (χ4v) is 1.21. The molecule has 3 nitrogen and oxygen atoms in total. The zero-order valence-corrected chi connectivity index (χ0v) is 9.13. The zero-order chi connectivity index (χ0) is 11.8. The molecule has 0 aliphatic heterocycles. The molecular weight excluding hydrogens is 202 g/mol. The second-order valence-corrected chi connectivity index (χ2v) is 3.17. The van der Waals surface area contributed by atoms with Crippen LogP contribution in [-0.2, 0) is 4.79 Å². The Balaban J connectivity index is 2.60.